The second-order valence-corrected chi connectivity index (χ2v) is 6.67. The van der Waals surface area contributed by atoms with Crippen molar-refractivity contribution in [2.75, 3.05) is 20.3 Å². The quantitative estimate of drug-likeness (QED) is 0.262. The van der Waals surface area contributed by atoms with Gasteiger partial charge in [-0.2, -0.15) is 0 Å². The summed E-state index contributed by atoms with van der Waals surface area (Å²) < 4.78 is 21.2. The van der Waals surface area contributed by atoms with E-state index in [-0.39, 0.29) is 12.5 Å². The van der Waals surface area contributed by atoms with Crippen molar-refractivity contribution in [1.29, 1.82) is 0 Å². The topological polar surface area (TPSA) is 155 Å². The average Bonchev–Trinajstić information content (AvgIpc) is 3.12. The van der Waals surface area contributed by atoms with Gasteiger partial charge < -0.3 is 44.5 Å². The lowest BCUT2D eigenvalue weighted by Gasteiger charge is -2.41. The van der Waals surface area contributed by atoms with Crippen molar-refractivity contribution in [2.24, 2.45) is 5.92 Å². The number of carbonyl (C=O) groups excluding carboxylic acids is 1. The van der Waals surface area contributed by atoms with Gasteiger partial charge in [-0.15, -0.1) is 0 Å². The van der Waals surface area contributed by atoms with Crippen LogP contribution in [0.25, 0.3) is 0 Å². The number of aliphatic hydroxyl groups excluding tert-OH is 5. The van der Waals surface area contributed by atoms with Crippen molar-refractivity contribution >= 4 is 5.97 Å². The van der Waals surface area contributed by atoms with Crippen LogP contribution >= 0.6 is 0 Å². The molecule has 0 spiro atoms. The molecule has 5 N–H and O–H groups in total. The maximum absolute atomic E-state index is 12.0. The van der Waals surface area contributed by atoms with Crippen LogP contribution in [0.1, 0.15) is 12.8 Å². The standard InChI is InChI=1S/C17H24O10/c1-24-15(23)9-6-25-16(11-7(4-18)2-3-8(9)11)27-17-14(22)13(21)12(20)10(5-19)26-17/h6,8,10,12-14,16-22H,2-5H2,1H3/t8?,10-,12-,13+,14-,16+,17+/m0/s1. The van der Waals surface area contributed by atoms with E-state index in [0.717, 1.165) is 0 Å². The summed E-state index contributed by atoms with van der Waals surface area (Å²) in [5, 5.41) is 48.8. The molecular weight excluding hydrogens is 364 g/mol. The van der Waals surface area contributed by atoms with Gasteiger partial charge in [-0.05, 0) is 18.4 Å². The molecule has 10 nitrogen and oxygen atoms in total. The smallest absolute Gasteiger partial charge is 0.337 e. The molecule has 0 aromatic heterocycles. The van der Waals surface area contributed by atoms with Gasteiger partial charge >= 0.3 is 5.97 Å². The van der Waals surface area contributed by atoms with Crippen LogP contribution in [-0.4, -0.2) is 88.8 Å². The van der Waals surface area contributed by atoms with E-state index in [1.807, 2.05) is 0 Å². The number of fused-ring (bicyclic) bond motifs is 1. The average molecular weight is 388 g/mol. The fourth-order valence-corrected chi connectivity index (χ4v) is 3.69. The Hall–Kier alpha value is -1.53. The summed E-state index contributed by atoms with van der Waals surface area (Å²) in [7, 11) is 1.25. The fourth-order valence-electron chi connectivity index (χ4n) is 3.69. The molecule has 2 aliphatic heterocycles. The molecule has 0 bridgehead atoms. The third-order valence-corrected chi connectivity index (χ3v) is 5.18. The van der Waals surface area contributed by atoms with Crippen LogP contribution in [0, 0.1) is 5.92 Å². The van der Waals surface area contributed by atoms with Crippen LogP contribution in [0.2, 0.25) is 0 Å². The highest BCUT2D eigenvalue weighted by molar-refractivity contribution is 5.89. The molecule has 152 valence electrons. The molecule has 1 aliphatic carbocycles. The molecule has 7 atom stereocenters. The zero-order valence-electron chi connectivity index (χ0n) is 14.7. The van der Waals surface area contributed by atoms with Crippen LogP contribution in [0.5, 0.6) is 0 Å². The second-order valence-electron chi connectivity index (χ2n) is 6.67. The second kappa shape index (κ2) is 8.23. The molecule has 3 rings (SSSR count). The molecule has 0 radical (unpaired) electrons. The zero-order chi connectivity index (χ0) is 19.7. The number of esters is 1. The Bertz CT molecular complexity index is 627. The Morgan fingerprint density at radius 2 is 1.96 bits per heavy atom. The van der Waals surface area contributed by atoms with Crippen molar-refractivity contribution < 1.29 is 49.3 Å². The van der Waals surface area contributed by atoms with Gasteiger partial charge in [0, 0.05) is 11.5 Å². The van der Waals surface area contributed by atoms with E-state index in [4.69, 9.17) is 18.9 Å². The van der Waals surface area contributed by atoms with E-state index in [0.29, 0.717) is 29.6 Å². The minimum atomic E-state index is -1.59. The van der Waals surface area contributed by atoms with E-state index in [9.17, 15) is 30.3 Å². The van der Waals surface area contributed by atoms with Gasteiger partial charge in [0.1, 0.15) is 24.4 Å². The van der Waals surface area contributed by atoms with Crippen molar-refractivity contribution in [3.8, 4) is 0 Å². The van der Waals surface area contributed by atoms with Crippen molar-refractivity contribution in [3.05, 3.63) is 23.0 Å². The summed E-state index contributed by atoms with van der Waals surface area (Å²) >= 11 is 0. The Balaban J connectivity index is 1.84. The predicted molar refractivity (Wildman–Crippen MR) is 86.7 cm³/mol. The highest BCUT2D eigenvalue weighted by atomic mass is 16.8. The van der Waals surface area contributed by atoms with E-state index in [1.54, 1.807) is 0 Å². The summed E-state index contributed by atoms with van der Waals surface area (Å²) in [6.45, 7) is -0.839. The summed E-state index contributed by atoms with van der Waals surface area (Å²) in [5.74, 6) is -0.925. The Morgan fingerprint density at radius 3 is 2.59 bits per heavy atom. The van der Waals surface area contributed by atoms with Crippen LogP contribution < -0.4 is 0 Å². The molecule has 0 aromatic carbocycles. The number of ether oxygens (including phenoxy) is 4. The van der Waals surface area contributed by atoms with Gasteiger partial charge in [0.15, 0.2) is 6.29 Å². The molecule has 27 heavy (non-hydrogen) atoms. The maximum atomic E-state index is 12.0. The first kappa shape index (κ1) is 20.2. The summed E-state index contributed by atoms with van der Waals surface area (Å²) in [5.41, 5.74) is 1.48. The third-order valence-electron chi connectivity index (χ3n) is 5.18. The minimum Gasteiger partial charge on any atom is -0.468 e. The van der Waals surface area contributed by atoms with Gasteiger partial charge in [0.05, 0.1) is 32.2 Å². The molecule has 3 aliphatic rings. The maximum Gasteiger partial charge on any atom is 0.337 e. The van der Waals surface area contributed by atoms with Crippen LogP contribution in [0.4, 0.5) is 0 Å². The van der Waals surface area contributed by atoms with E-state index in [1.165, 1.54) is 13.4 Å². The summed E-state index contributed by atoms with van der Waals surface area (Å²) in [6, 6.07) is 0. The molecule has 2 heterocycles. The minimum absolute atomic E-state index is 0.252. The van der Waals surface area contributed by atoms with Crippen LogP contribution in [-0.2, 0) is 23.7 Å². The first-order valence-corrected chi connectivity index (χ1v) is 8.65. The van der Waals surface area contributed by atoms with Gasteiger partial charge in [-0.25, -0.2) is 4.79 Å². The van der Waals surface area contributed by atoms with Crippen molar-refractivity contribution in [3.63, 3.8) is 0 Å². The van der Waals surface area contributed by atoms with Crippen molar-refractivity contribution in [1.82, 2.24) is 0 Å². The van der Waals surface area contributed by atoms with Gasteiger partial charge in [0.25, 0.3) is 0 Å². The molecule has 0 aromatic rings. The molecule has 0 amide bonds. The Labute approximate surface area is 155 Å². The normalized spacial score (nSPS) is 38.9. The molecule has 1 saturated heterocycles. The van der Waals surface area contributed by atoms with Gasteiger partial charge in [0.2, 0.25) is 6.29 Å². The lowest BCUT2D eigenvalue weighted by molar-refractivity contribution is -0.327. The van der Waals surface area contributed by atoms with Crippen molar-refractivity contribution in [2.45, 2.75) is 49.8 Å². The van der Waals surface area contributed by atoms with E-state index < -0.39 is 49.6 Å². The van der Waals surface area contributed by atoms with Crippen LogP contribution in [0.15, 0.2) is 23.0 Å². The third kappa shape index (κ3) is 3.61. The first-order valence-electron chi connectivity index (χ1n) is 8.65. The first-order chi connectivity index (χ1) is 12.9. The fraction of sp³-hybridized carbons (Fsp3) is 0.706. The van der Waals surface area contributed by atoms with Crippen LogP contribution in [0.3, 0.4) is 0 Å². The molecule has 0 saturated carbocycles. The highest BCUT2D eigenvalue weighted by Crippen LogP contribution is 2.43. The molecule has 10 heteroatoms. The molecule has 1 unspecified atom stereocenters. The lowest BCUT2D eigenvalue weighted by Crippen LogP contribution is -2.60. The zero-order valence-corrected chi connectivity index (χ0v) is 14.7. The van der Waals surface area contributed by atoms with Gasteiger partial charge in [-0.1, -0.05) is 0 Å². The van der Waals surface area contributed by atoms with E-state index >= 15 is 0 Å². The molecule has 1 fully saturated rings. The Morgan fingerprint density at radius 1 is 1.22 bits per heavy atom. The monoisotopic (exact) mass is 388 g/mol. The number of carbonyl (C=O) groups is 1. The Kier molecular flexibility index (Phi) is 6.16. The highest BCUT2D eigenvalue weighted by Gasteiger charge is 2.47. The van der Waals surface area contributed by atoms with E-state index in [2.05, 4.69) is 0 Å². The number of aliphatic hydroxyl groups is 5. The lowest BCUT2D eigenvalue weighted by atomic mass is 9.90. The van der Waals surface area contributed by atoms with Gasteiger partial charge in [-0.3, -0.25) is 0 Å². The number of methoxy groups -OCH3 is 1. The number of rotatable bonds is 5. The number of hydrogen-bond acceptors (Lipinski definition) is 10. The predicted octanol–water partition coefficient (Wildman–Crippen LogP) is -2.08. The summed E-state index contributed by atoms with van der Waals surface area (Å²) in [4.78, 5) is 12.0. The summed E-state index contributed by atoms with van der Waals surface area (Å²) in [6.07, 6.45) is -5.96. The number of hydrogen-bond donors (Lipinski definition) is 5. The SMILES string of the molecule is COC(=O)C1=CO[C@H](O[C@H]2O[C@@H](CO)[C@H](O)[C@@H](O)[C@@H]2O)C2=C(CO)CCC12. The largest absolute Gasteiger partial charge is 0.468 e. The molecular formula is C17H24O10.